The lowest BCUT2D eigenvalue weighted by atomic mass is 10.0. The number of hydrogen-bond donors (Lipinski definition) is 2. The predicted molar refractivity (Wildman–Crippen MR) is 93.3 cm³/mol. The van der Waals surface area contributed by atoms with Gasteiger partial charge in [-0.1, -0.05) is 12.1 Å². The minimum atomic E-state index is -0.742. The minimum absolute atomic E-state index is 0.155. The van der Waals surface area contributed by atoms with E-state index in [-0.39, 0.29) is 19.2 Å². The summed E-state index contributed by atoms with van der Waals surface area (Å²) >= 11 is 0. The molecule has 0 saturated carbocycles. The number of nitrogens with zero attached hydrogens (tertiary/aromatic N) is 1. The van der Waals surface area contributed by atoms with Crippen LogP contribution in [-0.4, -0.2) is 37.9 Å². The maximum absolute atomic E-state index is 12.3. The number of fused-ring (bicyclic) bond motifs is 2. The molecule has 4 rings (SSSR count). The molecule has 2 aliphatic rings. The summed E-state index contributed by atoms with van der Waals surface area (Å²) < 4.78 is 10.5. The number of likely N-dealkylation sites (N-methyl/N-ethyl adjacent to an activating group) is 1. The van der Waals surface area contributed by atoms with Crippen molar-refractivity contribution in [1.29, 1.82) is 0 Å². The van der Waals surface area contributed by atoms with E-state index in [1.165, 1.54) is 11.3 Å². The topological polar surface area (TPSA) is 71.0 Å². The molecular formula is C19H20N2O4. The predicted octanol–water partition coefficient (Wildman–Crippen LogP) is 1.87. The molecule has 2 aliphatic heterocycles. The number of aliphatic hydroxyl groups is 1. The van der Waals surface area contributed by atoms with Gasteiger partial charge in [-0.2, -0.15) is 0 Å². The van der Waals surface area contributed by atoms with Gasteiger partial charge in [0.15, 0.2) is 11.5 Å². The Morgan fingerprint density at radius 2 is 2.08 bits per heavy atom. The molecule has 0 spiro atoms. The second-order valence-corrected chi connectivity index (χ2v) is 6.35. The molecule has 0 aromatic heterocycles. The lowest BCUT2D eigenvalue weighted by Crippen LogP contribution is -2.28. The molecule has 0 fully saturated rings. The van der Waals surface area contributed by atoms with Gasteiger partial charge in [0.05, 0.1) is 6.10 Å². The van der Waals surface area contributed by atoms with Gasteiger partial charge in [0, 0.05) is 31.4 Å². The van der Waals surface area contributed by atoms with E-state index < -0.39 is 6.10 Å². The summed E-state index contributed by atoms with van der Waals surface area (Å²) in [5.41, 5.74) is 3.74. The van der Waals surface area contributed by atoms with E-state index in [1.54, 1.807) is 18.2 Å². The van der Waals surface area contributed by atoms with Gasteiger partial charge in [-0.25, -0.2) is 0 Å². The average molecular weight is 340 g/mol. The monoisotopic (exact) mass is 340 g/mol. The second kappa shape index (κ2) is 6.29. The number of carbonyl (C=O) groups is 1. The molecular weight excluding hydrogens is 320 g/mol. The van der Waals surface area contributed by atoms with Gasteiger partial charge in [-0.15, -0.1) is 0 Å². The molecule has 0 radical (unpaired) electrons. The van der Waals surface area contributed by atoms with Gasteiger partial charge in [0.2, 0.25) is 6.79 Å². The minimum Gasteiger partial charge on any atom is -0.454 e. The third-order valence-corrected chi connectivity index (χ3v) is 4.71. The lowest BCUT2D eigenvalue weighted by Gasteiger charge is -2.15. The van der Waals surface area contributed by atoms with Crippen LogP contribution in [0.3, 0.4) is 0 Å². The Labute approximate surface area is 146 Å². The first-order valence-corrected chi connectivity index (χ1v) is 8.32. The summed E-state index contributed by atoms with van der Waals surface area (Å²) in [5.74, 6) is 0.953. The molecule has 2 N–H and O–H groups in total. The van der Waals surface area contributed by atoms with Crippen molar-refractivity contribution < 1.29 is 19.4 Å². The molecule has 0 saturated heterocycles. The van der Waals surface area contributed by atoms with Crippen molar-refractivity contribution >= 4 is 11.6 Å². The third kappa shape index (κ3) is 3.00. The van der Waals surface area contributed by atoms with E-state index in [2.05, 4.69) is 17.3 Å². The SMILES string of the molecule is CN1CCc2cc([C@H](O)CNC(=O)c3ccc4c(c3)OCO4)ccc21. The number of benzene rings is 2. The van der Waals surface area contributed by atoms with Gasteiger partial charge < -0.3 is 24.8 Å². The number of ether oxygens (including phenoxy) is 2. The number of nitrogens with one attached hydrogen (secondary N) is 1. The van der Waals surface area contributed by atoms with Gasteiger partial charge >= 0.3 is 0 Å². The highest BCUT2D eigenvalue weighted by molar-refractivity contribution is 5.94. The Hall–Kier alpha value is -2.73. The molecule has 2 aromatic rings. The lowest BCUT2D eigenvalue weighted by molar-refractivity contribution is 0.0916. The molecule has 0 unspecified atom stereocenters. The fraction of sp³-hybridized carbons (Fsp3) is 0.316. The normalized spacial score (nSPS) is 15.8. The summed E-state index contributed by atoms with van der Waals surface area (Å²) in [5, 5.41) is 13.2. The first-order valence-electron chi connectivity index (χ1n) is 8.32. The molecule has 2 aromatic carbocycles. The summed E-state index contributed by atoms with van der Waals surface area (Å²) in [6.45, 7) is 1.32. The number of aliphatic hydroxyl groups excluding tert-OH is 1. The molecule has 6 nitrogen and oxygen atoms in total. The van der Waals surface area contributed by atoms with Crippen LogP contribution in [0.1, 0.15) is 27.6 Å². The van der Waals surface area contributed by atoms with E-state index in [4.69, 9.17) is 9.47 Å². The molecule has 0 bridgehead atoms. The zero-order valence-corrected chi connectivity index (χ0v) is 14.0. The van der Waals surface area contributed by atoms with E-state index in [0.29, 0.717) is 17.1 Å². The van der Waals surface area contributed by atoms with Crippen LogP contribution >= 0.6 is 0 Å². The van der Waals surface area contributed by atoms with Gasteiger partial charge in [0.1, 0.15) is 0 Å². The Morgan fingerprint density at radius 3 is 2.96 bits per heavy atom. The summed E-state index contributed by atoms with van der Waals surface area (Å²) in [4.78, 5) is 14.5. The number of hydrogen-bond acceptors (Lipinski definition) is 5. The summed E-state index contributed by atoms with van der Waals surface area (Å²) in [7, 11) is 2.06. The zero-order valence-electron chi connectivity index (χ0n) is 14.0. The van der Waals surface area contributed by atoms with E-state index in [1.807, 2.05) is 18.2 Å². The van der Waals surface area contributed by atoms with Crippen molar-refractivity contribution in [3.05, 3.63) is 53.1 Å². The molecule has 1 amide bonds. The average Bonchev–Trinajstić information content (AvgIpc) is 3.25. The van der Waals surface area contributed by atoms with Crippen molar-refractivity contribution in [1.82, 2.24) is 5.32 Å². The standard InChI is InChI=1S/C19H20N2O4/c1-21-7-6-12-8-13(2-4-15(12)21)16(22)10-20-19(23)14-3-5-17-18(9-14)25-11-24-17/h2-5,8-9,16,22H,6-7,10-11H2,1H3,(H,20,23)/t16-/m1/s1. The first-order chi connectivity index (χ1) is 12.1. The van der Waals surface area contributed by atoms with Crippen molar-refractivity contribution in [2.24, 2.45) is 0 Å². The molecule has 1 atom stereocenters. The fourth-order valence-electron chi connectivity index (χ4n) is 3.24. The van der Waals surface area contributed by atoms with Crippen molar-refractivity contribution in [2.75, 3.05) is 31.8 Å². The highest BCUT2D eigenvalue weighted by Crippen LogP contribution is 2.32. The molecule has 25 heavy (non-hydrogen) atoms. The van der Waals surface area contributed by atoms with Crippen LogP contribution in [0.25, 0.3) is 0 Å². The fourth-order valence-corrected chi connectivity index (χ4v) is 3.24. The Kier molecular flexibility index (Phi) is 3.97. The highest BCUT2D eigenvalue weighted by Gasteiger charge is 2.19. The first kappa shape index (κ1) is 15.8. The van der Waals surface area contributed by atoms with Crippen LogP contribution in [0.2, 0.25) is 0 Å². The van der Waals surface area contributed by atoms with Crippen LogP contribution in [0.5, 0.6) is 11.5 Å². The van der Waals surface area contributed by atoms with Crippen molar-refractivity contribution in [3.8, 4) is 11.5 Å². The Bertz CT molecular complexity index is 821. The number of rotatable bonds is 4. The molecule has 0 aliphatic carbocycles. The van der Waals surface area contributed by atoms with Gasteiger partial charge in [-0.05, 0) is 41.8 Å². The number of carbonyl (C=O) groups excluding carboxylic acids is 1. The maximum Gasteiger partial charge on any atom is 0.251 e. The summed E-state index contributed by atoms with van der Waals surface area (Å²) in [6.07, 6.45) is 0.241. The summed E-state index contributed by atoms with van der Waals surface area (Å²) in [6, 6.07) is 11.0. The smallest absolute Gasteiger partial charge is 0.251 e. The zero-order chi connectivity index (χ0) is 17.4. The van der Waals surface area contributed by atoms with Crippen LogP contribution < -0.4 is 19.7 Å². The van der Waals surface area contributed by atoms with E-state index >= 15 is 0 Å². The number of anilines is 1. The van der Waals surface area contributed by atoms with Gasteiger partial charge in [-0.3, -0.25) is 4.79 Å². The van der Waals surface area contributed by atoms with Gasteiger partial charge in [0.25, 0.3) is 5.91 Å². The third-order valence-electron chi connectivity index (χ3n) is 4.71. The van der Waals surface area contributed by atoms with Crippen LogP contribution in [0.15, 0.2) is 36.4 Å². The number of amides is 1. The largest absolute Gasteiger partial charge is 0.454 e. The molecule has 6 heteroatoms. The molecule has 130 valence electrons. The highest BCUT2D eigenvalue weighted by atomic mass is 16.7. The quantitative estimate of drug-likeness (QED) is 0.889. The van der Waals surface area contributed by atoms with E-state index in [0.717, 1.165) is 18.5 Å². The van der Waals surface area contributed by atoms with Crippen molar-refractivity contribution in [2.45, 2.75) is 12.5 Å². The Morgan fingerprint density at radius 1 is 1.24 bits per heavy atom. The second-order valence-electron chi connectivity index (χ2n) is 6.35. The maximum atomic E-state index is 12.3. The van der Waals surface area contributed by atoms with Crippen molar-refractivity contribution in [3.63, 3.8) is 0 Å². The molecule has 2 heterocycles. The van der Waals surface area contributed by atoms with E-state index in [9.17, 15) is 9.90 Å². The Balaban J connectivity index is 1.40. The van der Waals surface area contributed by atoms with Crippen LogP contribution in [-0.2, 0) is 6.42 Å². The van der Waals surface area contributed by atoms with Crippen LogP contribution in [0.4, 0.5) is 5.69 Å². The van der Waals surface area contributed by atoms with Crippen LogP contribution in [0, 0.1) is 0 Å².